The summed E-state index contributed by atoms with van der Waals surface area (Å²) in [6.07, 6.45) is -0.278. The van der Waals surface area contributed by atoms with Crippen molar-refractivity contribution in [2.24, 2.45) is 0 Å². The lowest BCUT2D eigenvalue weighted by atomic mass is 10.1. The van der Waals surface area contributed by atoms with Crippen LogP contribution in [0, 0.1) is 0 Å². The van der Waals surface area contributed by atoms with Crippen LogP contribution in [0.2, 0.25) is 0 Å². The minimum Gasteiger partial charge on any atom is -0.352 e. The summed E-state index contributed by atoms with van der Waals surface area (Å²) in [7, 11) is 3.28. The first-order chi connectivity index (χ1) is 7.96. The van der Waals surface area contributed by atoms with Crippen LogP contribution in [0.3, 0.4) is 0 Å². The van der Waals surface area contributed by atoms with Crippen LogP contribution < -0.4 is 5.32 Å². The summed E-state index contributed by atoms with van der Waals surface area (Å²) in [6, 6.07) is 8.27. The van der Waals surface area contributed by atoms with E-state index < -0.39 is 0 Å². The lowest BCUT2D eigenvalue weighted by molar-refractivity contribution is -0.106. The standard InChI is InChI=1S/C14H23NO2/c1-14(2,3)15-10-11-6-8-12(9-7-11)13(16-4)17-5/h6-9,13,15H,10H2,1-5H3. The monoisotopic (exact) mass is 237 g/mol. The van der Waals surface area contributed by atoms with Gasteiger partial charge in [-0.3, -0.25) is 0 Å². The van der Waals surface area contributed by atoms with E-state index in [-0.39, 0.29) is 11.8 Å². The molecule has 0 amide bonds. The fraction of sp³-hybridized carbons (Fsp3) is 0.571. The van der Waals surface area contributed by atoms with Gasteiger partial charge < -0.3 is 14.8 Å². The Kier molecular flexibility index (Phi) is 5.12. The van der Waals surface area contributed by atoms with E-state index in [1.165, 1.54) is 5.56 Å². The lowest BCUT2D eigenvalue weighted by Crippen LogP contribution is -2.35. The van der Waals surface area contributed by atoms with Crippen molar-refractivity contribution in [3.63, 3.8) is 0 Å². The van der Waals surface area contributed by atoms with Crippen LogP contribution in [0.15, 0.2) is 24.3 Å². The number of methoxy groups -OCH3 is 2. The molecular formula is C14H23NO2. The Morgan fingerprint density at radius 3 is 2.00 bits per heavy atom. The van der Waals surface area contributed by atoms with E-state index >= 15 is 0 Å². The molecule has 1 aromatic rings. The molecule has 0 spiro atoms. The average Bonchev–Trinajstić information content (AvgIpc) is 2.29. The summed E-state index contributed by atoms with van der Waals surface area (Å²) in [5, 5.41) is 3.45. The molecule has 0 aromatic heterocycles. The molecule has 0 unspecified atom stereocenters. The fourth-order valence-electron chi connectivity index (χ4n) is 1.53. The molecule has 0 aliphatic rings. The number of rotatable bonds is 5. The molecule has 0 radical (unpaired) electrons. The van der Waals surface area contributed by atoms with Gasteiger partial charge in [-0.15, -0.1) is 0 Å². The molecule has 3 nitrogen and oxygen atoms in total. The molecule has 96 valence electrons. The predicted octanol–water partition coefficient (Wildman–Crippen LogP) is 2.87. The van der Waals surface area contributed by atoms with Crippen molar-refractivity contribution >= 4 is 0 Å². The number of hydrogen-bond acceptors (Lipinski definition) is 3. The molecule has 0 atom stereocenters. The molecule has 17 heavy (non-hydrogen) atoms. The summed E-state index contributed by atoms with van der Waals surface area (Å²) in [6.45, 7) is 7.35. The SMILES string of the molecule is COC(OC)c1ccc(CNC(C)(C)C)cc1. The zero-order chi connectivity index (χ0) is 12.9. The van der Waals surface area contributed by atoms with Gasteiger partial charge in [0.1, 0.15) is 0 Å². The minimum absolute atomic E-state index is 0.139. The van der Waals surface area contributed by atoms with E-state index in [0.29, 0.717) is 0 Å². The van der Waals surface area contributed by atoms with E-state index in [9.17, 15) is 0 Å². The smallest absolute Gasteiger partial charge is 0.183 e. The predicted molar refractivity (Wildman–Crippen MR) is 69.8 cm³/mol. The molecule has 1 aromatic carbocycles. The van der Waals surface area contributed by atoms with Crippen molar-refractivity contribution in [1.82, 2.24) is 5.32 Å². The van der Waals surface area contributed by atoms with Crippen molar-refractivity contribution in [2.75, 3.05) is 14.2 Å². The highest BCUT2D eigenvalue weighted by Crippen LogP contribution is 2.17. The molecule has 1 N–H and O–H groups in total. The quantitative estimate of drug-likeness (QED) is 0.799. The molecule has 3 heteroatoms. The van der Waals surface area contributed by atoms with Crippen LogP contribution in [0.5, 0.6) is 0 Å². The van der Waals surface area contributed by atoms with Gasteiger partial charge in [-0.05, 0) is 26.3 Å². The van der Waals surface area contributed by atoms with E-state index in [2.05, 4.69) is 38.2 Å². The van der Waals surface area contributed by atoms with Crippen LogP contribution in [-0.4, -0.2) is 19.8 Å². The highest BCUT2D eigenvalue weighted by Gasteiger charge is 2.10. The van der Waals surface area contributed by atoms with Gasteiger partial charge in [0.25, 0.3) is 0 Å². The Balaban J connectivity index is 2.62. The average molecular weight is 237 g/mol. The minimum atomic E-state index is -0.278. The van der Waals surface area contributed by atoms with Gasteiger partial charge in [-0.25, -0.2) is 0 Å². The van der Waals surface area contributed by atoms with Crippen molar-refractivity contribution in [3.05, 3.63) is 35.4 Å². The third-order valence-electron chi connectivity index (χ3n) is 2.50. The van der Waals surface area contributed by atoms with Gasteiger partial charge in [-0.2, -0.15) is 0 Å². The van der Waals surface area contributed by atoms with Crippen molar-refractivity contribution in [2.45, 2.75) is 39.1 Å². The Morgan fingerprint density at radius 2 is 1.59 bits per heavy atom. The largest absolute Gasteiger partial charge is 0.352 e. The van der Waals surface area contributed by atoms with Gasteiger partial charge in [0.2, 0.25) is 0 Å². The first-order valence-electron chi connectivity index (χ1n) is 5.86. The zero-order valence-electron chi connectivity index (χ0n) is 11.4. The normalized spacial score (nSPS) is 12.1. The molecule has 0 saturated carbocycles. The van der Waals surface area contributed by atoms with Gasteiger partial charge >= 0.3 is 0 Å². The molecule has 0 heterocycles. The molecule has 0 fully saturated rings. The van der Waals surface area contributed by atoms with Gasteiger partial charge in [0.15, 0.2) is 6.29 Å². The van der Waals surface area contributed by atoms with E-state index in [4.69, 9.17) is 9.47 Å². The first kappa shape index (κ1) is 14.2. The van der Waals surface area contributed by atoms with Crippen LogP contribution in [-0.2, 0) is 16.0 Å². The van der Waals surface area contributed by atoms with Crippen molar-refractivity contribution in [1.29, 1.82) is 0 Å². The number of nitrogens with one attached hydrogen (secondary N) is 1. The number of ether oxygens (including phenoxy) is 2. The van der Waals surface area contributed by atoms with Gasteiger partial charge in [0, 0.05) is 31.9 Å². The van der Waals surface area contributed by atoms with Gasteiger partial charge in [0.05, 0.1) is 0 Å². The summed E-state index contributed by atoms with van der Waals surface area (Å²) in [5.41, 5.74) is 2.43. The second kappa shape index (κ2) is 6.15. The molecule has 0 aliphatic heterocycles. The summed E-state index contributed by atoms with van der Waals surface area (Å²) < 4.78 is 10.4. The Bertz CT molecular complexity index is 323. The fourth-order valence-corrected chi connectivity index (χ4v) is 1.53. The maximum atomic E-state index is 5.20. The third kappa shape index (κ3) is 4.86. The maximum absolute atomic E-state index is 5.20. The first-order valence-corrected chi connectivity index (χ1v) is 5.86. The summed E-state index contributed by atoms with van der Waals surface area (Å²) in [5.74, 6) is 0. The molecule has 0 bridgehead atoms. The molecule has 0 saturated heterocycles. The third-order valence-corrected chi connectivity index (χ3v) is 2.50. The van der Waals surface area contributed by atoms with Crippen LogP contribution in [0.25, 0.3) is 0 Å². The van der Waals surface area contributed by atoms with Crippen LogP contribution in [0.4, 0.5) is 0 Å². The second-order valence-corrected chi connectivity index (χ2v) is 5.15. The van der Waals surface area contributed by atoms with E-state index in [1.807, 2.05) is 12.1 Å². The van der Waals surface area contributed by atoms with Crippen molar-refractivity contribution in [3.8, 4) is 0 Å². The summed E-state index contributed by atoms with van der Waals surface area (Å²) in [4.78, 5) is 0. The molecule has 0 aliphatic carbocycles. The maximum Gasteiger partial charge on any atom is 0.183 e. The van der Waals surface area contributed by atoms with E-state index in [1.54, 1.807) is 14.2 Å². The lowest BCUT2D eigenvalue weighted by Gasteiger charge is -2.21. The number of benzene rings is 1. The van der Waals surface area contributed by atoms with Gasteiger partial charge in [-0.1, -0.05) is 24.3 Å². The Hall–Kier alpha value is -0.900. The van der Waals surface area contributed by atoms with Crippen molar-refractivity contribution < 1.29 is 9.47 Å². The zero-order valence-corrected chi connectivity index (χ0v) is 11.4. The second-order valence-electron chi connectivity index (χ2n) is 5.15. The highest BCUT2D eigenvalue weighted by atomic mass is 16.7. The van der Waals surface area contributed by atoms with Crippen LogP contribution >= 0.6 is 0 Å². The Morgan fingerprint density at radius 1 is 1.06 bits per heavy atom. The summed E-state index contributed by atoms with van der Waals surface area (Å²) >= 11 is 0. The molecule has 1 rings (SSSR count). The topological polar surface area (TPSA) is 30.5 Å². The number of hydrogen-bond donors (Lipinski definition) is 1. The molecular weight excluding hydrogens is 214 g/mol. The van der Waals surface area contributed by atoms with E-state index in [0.717, 1.165) is 12.1 Å². The van der Waals surface area contributed by atoms with Crippen LogP contribution in [0.1, 0.15) is 38.2 Å². The highest BCUT2D eigenvalue weighted by molar-refractivity contribution is 5.23. The Labute approximate surface area is 104 Å².